The van der Waals surface area contributed by atoms with Crippen LogP contribution in [0.2, 0.25) is 0 Å². The zero-order valence-electron chi connectivity index (χ0n) is 25.2. The third-order valence-electron chi connectivity index (χ3n) is 7.83. The van der Waals surface area contributed by atoms with Crippen LogP contribution < -0.4 is 20.3 Å². The lowest BCUT2D eigenvalue weighted by Crippen LogP contribution is -2.57. The van der Waals surface area contributed by atoms with Crippen LogP contribution in [0.15, 0.2) is 90.5 Å². The standard InChI is InChI=1S/C34H36Cl3FN4O4/c35-34(36,37)31(43)40-33(21-25-10-12-27(38)13-11-25)22-26(23-33)24-42(32(44)39-28-6-2-1-3-7-28)29-8-4-9-30(20-29)46-17-5-14-41-15-18-45-19-16-41/h1-4,6-13,20,22H,5,14-19,21,23-24H2,(H,39,44)(H,40,43)/t33-/m1/s1. The molecule has 8 nitrogen and oxygen atoms in total. The molecule has 5 rings (SSSR count). The molecule has 0 radical (unpaired) electrons. The lowest BCUT2D eigenvalue weighted by Gasteiger charge is -2.43. The van der Waals surface area contributed by atoms with E-state index in [1.165, 1.54) is 12.1 Å². The van der Waals surface area contributed by atoms with Gasteiger partial charge in [-0.25, -0.2) is 9.18 Å². The van der Waals surface area contributed by atoms with Gasteiger partial charge in [0.15, 0.2) is 0 Å². The number of amides is 3. The van der Waals surface area contributed by atoms with Crippen LogP contribution >= 0.6 is 34.8 Å². The van der Waals surface area contributed by atoms with Crippen LogP contribution in [0.5, 0.6) is 5.75 Å². The van der Waals surface area contributed by atoms with Crippen molar-refractivity contribution in [3.8, 4) is 5.75 Å². The molecule has 0 unspecified atom stereocenters. The minimum Gasteiger partial charge on any atom is -0.493 e. The summed E-state index contributed by atoms with van der Waals surface area (Å²) >= 11 is 17.6. The van der Waals surface area contributed by atoms with Gasteiger partial charge in [-0.1, -0.05) is 77.3 Å². The fraction of sp³-hybridized carbons (Fsp3) is 0.353. The van der Waals surface area contributed by atoms with Crippen LogP contribution in [0.4, 0.5) is 20.6 Å². The van der Waals surface area contributed by atoms with E-state index in [0.717, 1.165) is 50.4 Å². The van der Waals surface area contributed by atoms with Crippen LogP contribution in [0.3, 0.4) is 0 Å². The number of urea groups is 1. The summed E-state index contributed by atoms with van der Waals surface area (Å²) in [6.07, 6.45) is 3.46. The number of hydrogen-bond donors (Lipinski definition) is 2. The van der Waals surface area contributed by atoms with Gasteiger partial charge in [0.1, 0.15) is 11.6 Å². The first-order chi connectivity index (χ1) is 22.1. The first-order valence-corrected chi connectivity index (χ1v) is 16.2. The number of para-hydroxylation sites is 1. The van der Waals surface area contributed by atoms with Crippen molar-refractivity contribution < 1.29 is 23.5 Å². The monoisotopic (exact) mass is 688 g/mol. The maximum atomic E-state index is 13.7. The summed E-state index contributed by atoms with van der Waals surface area (Å²) in [6.45, 7) is 5.06. The van der Waals surface area contributed by atoms with Crippen molar-refractivity contribution in [1.82, 2.24) is 10.2 Å². The van der Waals surface area contributed by atoms with E-state index in [4.69, 9.17) is 44.3 Å². The molecule has 0 spiro atoms. The Kier molecular flexibility index (Phi) is 11.5. The van der Waals surface area contributed by atoms with E-state index in [1.54, 1.807) is 17.0 Å². The number of alkyl halides is 3. The zero-order valence-corrected chi connectivity index (χ0v) is 27.5. The summed E-state index contributed by atoms with van der Waals surface area (Å²) in [5, 5.41) is 5.82. The summed E-state index contributed by atoms with van der Waals surface area (Å²) in [6, 6.07) is 22.3. The van der Waals surface area contributed by atoms with Gasteiger partial charge >= 0.3 is 6.03 Å². The van der Waals surface area contributed by atoms with E-state index in [0.29, 0.717) is 36.6 Å². The Hall–Kier alpha value is -3.34. The topological polar surface area (TPSA) is 83.1 Å². The average molecular weight is 690 g/mol. The Balaban J connectivity index is 1.33. The van der Waals surface area contributed by atoms with Crippen molar-refractivity contribution in [2.75, 3.05) is 56.2 Å². The fourth-order valence-electron chi connectivity index (χ4n) is 5.61. The van der Waals surface area contributed by atoms with Crippen LogP contribution in [0.1, 0.15) is 18.4 Å². The van der Waals surface area contributed by atoms with Gasteiger partial charge in [-0.05, 0) is 66.8 Å². The summed E-state index contributed by atoms with van der Waals surface area (Å²) < 4.78 is 22.9. The first-order valence-electron chi connectivity index (χ1n) is 15.1. The third-order valence-corrected chi connectivity index (χ3v) is 8.34. The fourth-order valence-corrected chi connectivity index (χ4v) is 5.75. The molecule has 2 aliphatic rings. The molecule has 1 saturated heterocycles. The molecular formula is C34H36Cl3FN4O4. The Morgan fingerprint density at radius 2 is 1.72 bits per heavy atom. The van der Waals surface area contributed by atoms with Gasteiger partial charge in [0.05, 0.1) is 25.4 Å². The molecule has 1 atom stereocenters. The lowest BCUT2D eigenvalue weighted by molar-refractivity contribution is -0.121. The second kappa shape index (κ2) is 15.5. The molecule has 2 N–H and O–H groups in total. The molecule has 1 heterocycles. The SMILES string of the molecule is O=C(Nc1ccccc1)N(CC1=C[C@@](Cc2ccc(F)cc2)(NC(=O)C(Cl)(Cl)Cl)C1)c1cccc(OCCCN2CCOCC2)c1. The van der Waals surface area contributed by atoms with Gasteiger partial charge in [-0.3, -0.25) is 14.6 Å². The quantitative estimate of drug-likeness (QED) is 0.125. The van der Waals surface area contributed by atoms with Crippen molar-refractivity contribution >= 4 is 58.1 Å². The predicted molar refractivity (Wildman–Crippen MR) is 181 cm³/mol. The number of anilines is 2. The lowest BCUT2D eigenvalue weighted by atomic mass is 9.74. The normalized spacial score (nSPS) is 18.2. The molecule has 46 heavy (non-hydrogen) atoms. The van der Waals surface area contributed by atoms with E-state index in [9.17, 15) is 14.0 Å². The highest BCUT2D eigenvalue weighted by Gasteiger charge is 2.43. The largest absolute Gasteiger partial charge is 0.493 e. The summed E-state index contributed by atoms with van der Waals surface area (Å²) in [5.41, 5.74) is 2.07. The number of morpholine rings is 1. The third kappa shape index (κ3) is 9.59. The molecule has 244 valence electrons. The Morgan fingerprint density at radius 1 is 1.00 bits per heavy atom. The predicted octanol–water partition coefficient (Wildman–Crippen LogP) is 6.76. The maximum absolute atomic E-state index is 13.7. The van der Waals surface area contributed by atoms with Crippen LogP contribution in [0, 0.1) is 5.82 Å². The number of halogens is 4. The maximum Gasteiger partial charge on any atom is 0.326 e. The van der Waals surface area contributed by atoms with Crippen molar-refractivity contribution in [3.63, 3.8) is 0 Å². The average Bonchev–Trinajstić information content (AvgIpc) is 3.02. The highest BCUT2D eigenvalue weighted by Crippen LogP contribution is 2.38. The molecule has 3 amide bonds. The Labute approximate surface area is 283 Å². The molecule has 12 heteroatoms. The van der Waals surface area contributed by atoms with Crippen LogP contribution in [0.25, 0.3) is 0 Å². The van der Waals surface area contributed by atoms with Crippen molar-refractivity contribution in [2.45, 2.75) is 28.6 Å². The molecule has 1 aliphatic carbocycles. The first kappa shape index (κ1) is 34.0. The van der Waals surface area contributed by atoms with Gasteiger partial charge in [0, 0.05) is 43.6 Å². The highest BCUT2D eigenvalue weighted by molar-refractivity contribution is 6.76. The van der Waals surface area contributed by atoms with E-state index >= 15 is 0 Å². The molecule has 3 aromatic carbocycles. The number of carbonyl (C=O) groups is 2. The second-order valence-corrected chi connectivity index (χ2v) is 13.7. The number of nitrogens with one attached hydrogen (secondary N) is 2. The van der Waals surface area contributed by atoms with Crippen molar-refractivity contribution in [1.29, 1.82) is 0 Å². The number of ether oxygens (including phenoxy) is 2. The molecule has 0 bridgehead atoms. The molecule has 3 aromatic rings. The number of hydrogen-bond acceptors (Lipinski definition) is 5. The van der Waals surface area contributed by atoms with Crippen molar-refractivity contribution in [2.24, 2.45) is 0 Å². The molecular weight excluding hydrogens is 654 g/mol. The van der Waals surface area contributed by atoms with Crippen molar-refractivity contribution in [3.05, 3.63) is 102 Å². The van der Waals surface area contributed by atoms with Crippen LogP contribution in [-0.4, -0.2) is 72.2 Å². The van der Waals surface area contributed by atoms with Crippen LogP contribution in [-0.2, 0) is 16.0 Å². The number of carbonyl (C=O) groups excluding carboxylic acids is 2. The van der Waals surface area contributed by atoms with Gasteiger partial charge in [0.25, 0.3) is 9.70 Å². The minimum atomic E-state index is -2.16. The number of rotatable bonds is 12. The van der Waals surface area contributed by atoms with E-state index in [2.05, 4.69) is 15.5 Å². The highest BCUT2D eigenvalue weighted by atomic mass is 35.6. The van der Waals surface area contributed by atoms with E-state index in [1.807, 2.05) is 60.7 Å². The molecule has 1 fully saturated rings. The van der Waals surface area contributed by atoms with Gasteiger partial charge in [0.2, 0.25) is 0 Å². The Bertz CT molecular complexity index is 1510. The molecule has 1 aliphatic heterocycles. The van der Waals surface area contributed by atoms with E-state index in [-0.39, 0.29) is 18.4 Å². The summed E-state index contributed by atoms with van der Waals surface area (Å²) in [5.74, 6) is -0.483. The summed E-state index contributed by atoms with van der Waals surface area (Å²) in [7, 11) is 0. The summed E-state index contributed by atoms with van der Waals surface area (Å²) in [4.78, 5) is 30.4. The van der Waals surface area contributed by atoms with Gasteiger partial charge < -0.3 is 20.1 Å². The second-order valence-electron chi connectivity index (χ2n) is 11.4. The number of benzene rings is 3. The van der Waals surface area contributed by atoms with Gasteiger partial charge in [-0.2, -0.15) is 0 Å². The van der Waals surface area contributed by atoms with Gasteiger partial charge in [-0.15, -0.1) is 0 Å². The minimum absolute atomic E-state index is 0.230. The molecule has 0 aromatic heterocycles. The smallest absolute Gasteiger partial charge is 0.326 e. The number of nitrogens with zero attached hydrogens (tertiary/aromatic N) is 2. The molecule has 0 saturated carbocycles. The Morgan fingerprint density at radius 3 is 2.41 bits per heavy atom. The zero-order chi connectivity index (χ0) is 32.6. The van der Waals surface area contributed by atoms with E-state index < -0.39 is 15.2 Å².